The molecule has 0 aromatic heterocycles. The Labute approximate surface area is 125 Å². The third kappa shape index (κ3) is 4.57. The van der Waals surface area contributed by atoms with Gasteiger partial charge in [0.2, 0.25) is 0 Å². The van der Waals surface area contributed by atoms with Gasteiger partial charge in [0.25, 0.3) is 0 Å². The van der Waals surface area contributed by atoms with Gasteiger partial charge in [0.1, 0.15) is 11.6 Å². The number of benzene rings is 2. The first-order chi connectivity index (χ1) is 10.00. The number of ether oxygens (including phenoxy) is 1. The van der Waals surface area contributed by atoms with Crippen LogP contribution in [0.25, 0.3) is 0 Å². The van der Waals surface area contributed by atoms with E-state index in [0.29, 0.717) is 18.4 Å². The van der Waals surface area contributed by atoms with Gasteiger partial charge in [-0.2, -0.15) is 0 Å². The first kappa shape index (κ1) is 15.5. The summed E-state index contributed by atoms with van der Waals surface area (Å²) in [6.07, 6.45) is 1.63. The quantitative estimate of drug-likeness (QED) is 0.877. The van der Waals surface area contributed by atoms with Crippen LogP contribution in [0.3, 0.4) is 0 Å². The molecule has 0 radical (unpaired) electrons. The third-order valence-corrected chi connectivity index (χ3v) is 3.64. The maximum atomic E-state index is 13.6. The Bertz CT molecular complexity index is 576. The smallest absolute Gasteiger partial charge is 0.126 e. The minimum absolute atomic E-state index is 0.262. The Kier molecular flexibility index (Phi) is 4.97. The van der Waals surface area contributed by atoms with Gasteiger partial charge in [-0.15, -0.1) is 0 Å². The normalized spacial score (nSPS) is 13.7. The molecule has 2 rings (SSSR count). The number of hydrogen-bond donors (Lipinski definition) is 1. The molecule has 2 aromatic carbocycles. The predicted octanol–water partition coefficient (Wildman–Crippen LogP) is 3.76. The van der Waals surface area contributed by atoms with Gasteiger partial charge in [0.05, 0.1) is 12.7 Å². The van der Waals surface area contributed by atoms with E-state index in [4.69, 9.17) is 4.74 Å². The van der Waals surface area contributed by atoms with Gasteiger partial charge in [-0.3, -0.25) is 0 Å². The van der Waals surface area contributed by atoms with E-state index in [-0.39, 0.29) is 5.82 Å². The fraction of sp³-hybridized carbons (Fsp3) is 0.333. The Morgan fingerprint density at radius 1 is 1.10 bits per heavy atom. The number of aryl methyl sites for hydroxylation is 1. The molecule has 1 N–H and O–H groups in total. The van der Waals surface area contributed by atoms with Gasteiger partial charge < -0.3 is 9.84 Å². The van der Waals surface area contributed by atoms with Gasteiger partial charge in [-0.25, -0.2) is 4.39 Å². The van der Waals surface area contributed by atoms with Crippen LogP contribution >= 0.6 is 0 Å². The zero-order chi connectivity index (χ0) is 15.3. The molecule has 1 atom stereocenters. The van der Waals surface area contributed by atoms with E-state index in [9.17, 15) is 9.50 Å². The van der Waals surface area contributed by atoms with Gasteiger partial charge in [0, 0.05) is 6.42 Å². The summed E-state index contributed by atoms with van der Waals surface area (Å²) in [7, 11) is 1.63. The van der Waals surface area contributed by atoms with E-state index in [1.807, 2.05) is 24.3 Å². The van der Waals surface area contributed by atoms with Crippen LogP contribution < -0.4 is 4.74 Å². The van der Waals surface area contributed by atoms with E-state index in [2.05, 4.69) is 0 Å². The summed E-state index contributed by atoms with van der Waals surface area (Å²) < 4.78 is 18.8. The van der Waals surface area contributed by atoms with E-state index >= 15 is 0 Å². The molecule has 2 aromatic rings. The number of halogens is 1. The molecule has 0 aliphatic rings. The topological polar surface area (TPSA) is 29.5 Å². The molecule has 3 heteroatoms. The van der Waals surface area contributed by atoms with Crippen molar-refractivity contribution in [2.24, 2.45) is 0 Å². The summed E-state index contributed by atoms with van der Waals surface area (Å²) in [5, 5.41) is 10.5. The SMILES string of the molecule is COc1ccc(CCC(C)(O)Cc2ccccc2F)cc1. The average Bonchev–Trinajstić information content (AvgIpc) is 2.48. The largest absolute Gasteiger partial charge is 0.497 e. The second-order valence-corrected chi connectivity index (χ2v) is 5.61. The van der Waals surface area contributed by atoms with Crippen LogP contribution in [0.4, 0.5) is 4.39 Å². The van der Waals surface area contributed by atoms with E-state index in [1.54, 1.807) is 32.2 Å². The second-order valence-electron chi connectivity index (χ2n) is 5.61. The van der Waals surface area contributed by atoms with Gasteiger partial charge in [0.15, 0.2) is 0 Å². The fourth-order valence-corrected chi connectivity index (χ4v) is 2.35. The minimum atomic E-state index is -0.928. The van der Waals surface area contributed by atoms with Gasteiger partial charge in [-0.1, -0.05) is 30.3 Å². The molecule has 2 nitrogen and oxygen atoms in total. The molecule has 0 fully saturated rings. The minimum Gasteiger partial charge on any atom is -0.497 e. The van der Waals surface area contributed by atoms with Crippen LogP contribution in [0.15, 0.2) is 48.5 Å². The van der Waals surface area contributed by atoms with Crippen molar-refractivity contribution < 1.29 is 14.2 Å². The molecule has 0 saturated carbocycles. The van der Waals surface area contributed by atoms with Crippen molar-refractivity contribution in [3.8, 4) is 5.75 Å². The van der Waals surface area contributed by atoms with Crippen LogP contribution in [-0.4, -0.2) is 17.8 Å². The zero-order valence-electron chi connectivity index (χ0n) is 12.5. The van der Waals surface area contributed by atoms with Crippen LogP contribution in [0, 0.1) is 5.82 Å². The highest BCUT2D eigenvalue weighted by atomic mass is 19.1. The third-order valence-electron chi connectivity index (χ3n) is 3.64. The summed E-state index contributed by atoms with van der Waals surface area (Å²) in [5.41, 5.74) is 0.754. The van der Waals surface area contributed by atoms with Gasteiger partial charge in [-0.05, 0) is 49.1 Å². The highest BCUT2D eigenvalue weighted by molar-refractivity contribution is 5.27. The lowest BCUT2D eigenvalue weighted by Crippen LogP contribution is -2.28. The first-order valence-corrected chi connectivity index (χ1v) is 7.09. The Morgan fingerprint density at radius 2 is 1.76 bits per heavy atom. The first-order valence-electron chi connectivity index (χ1n) is 7.09. The average molecular weight is 288 g/mol. The molecule has 21 heavy (non-hydrogen) atoms. The summed E-state index contributed by atoms with van der Waals surface area (Å²) >= 11 is 0. The van der Waals surface area contributed by atoms with Crippen LogP contribution in [-0.2, 0) is 12.8 Å². The maximum Gasteiger partial charge on any atom is 0.126 e. The molecular formula is C18H21FO2. The Balaban J connectivity index is 1.95. The summed E-state index contributed by atoms with van der Waals surface area (Å²) in [6, 6.07) is 14.4. The number of aliphatic hydroxyl groups is 1. The van der Waals surface area contributed by atoms with E-state index < -0.39 is 5.60 Å². The van der Waals surface area contributed by atoms with Crippen molar-refractivity contribution in [2.75, 3.05) is 7.11 Å². The van der Waals surface area contributed by atoms with Gasteiger partial charge >= 0.3 is 0 Å². The zero-order valence-corrected chi connectivity index (χ0v) is 12.5. The standard InChI is InChI=1S/C18H21FO2/c1-18(20,13-15-5-3-4-6-17(15)19)12-11-14-7-9-16(21-2)10-8-14/h3-10,20H,11-13H2,1-2H3. The lowest BCUT2D eigenvalue weighted by molar-refractivity contribution is 0.0507. The van der Waals surface area contributed by atoms with Crippen molar-refractivity contribution in [1.29, 1.82) is 0 Å². The number of hydrogen-bond acceptors (Lipinski definition) is 2. The summed E-state index contributed by atoms with van der Waals surface area (Å²) in [4.78, 5) is 0. The highest BCUT2D eigenvalue weighted by Gasteiger charge is 2.22. The highest BCUT2D eigenvalue weighted by Crippen LogP contribution is 2.22. The monoisotopic (exact) mass is 288 g/mol. The van der Waals surface area contributed by atoms with E-state index in [0.717, 1.165) is 17.7 Å². The summed E-state index contributed by atoms with van der Waals surface area (Å²) in [6.45, 7) is 1.75. The van der Waals surface area contributed by atoms with E-state index in [1.165, 1.54) is 6.07 Å². The van der Waals surface area contributed by atoms with Crippen molar-refractivity contribution in [2.45, 2.75) is 31.8 Å². The number of methoxy groups -OCH3 is 1. The summed E-state index contributed by atoms with van der Waals surface area (Å²) in [5.74, 6) is 0.555. The predicted molar refractivity (Wildman–Crippen MR) is 82.0 cm³/mol. The molecule has 0 spiro atoms. The molecule has 0 aliphatic carbocycles. The van der Waals surface area contributed by atoms with Crippen molar-refractivity contribution in [3.05, 3.63) is 65.5 Å². The Morgan fingerprint density at radius 3 is 2.38 bits per heavy atom. The molecule has 0 bridgehead atoms. The molecule has 0 saturated heterocycles. The van der Waals surface area contributed by atoms with Crippen LogP contribution in [0.1, 0.15) is 24.5 Å². The van der Waals surface area contributed by atoms with Crippen molar-refractivity contribution in [1.82, 2.24) is 0 Å². The number of rotatable bonds is 6. The van der Waals surface area contributed by atoms with Crippen LogP contribution in [0.5, 0.6) is 5.75 Å². The van der Waals surface area contributed by atoms with Crippen molar-refractivity contribution in [3.63, 3.8) is 0 Å². The lowest BCUT2D eigenvalue weighted by Gasteiger charge is -2.23. The fourth-order valence-electron chi connectivity index (χ4n) is 2.35. The Hall–Kier alpha value is -1.87. The molecule has 0 heterocycles. The second kappa shape index (κ2) is 6.72. The maximum absolute atomic E-state index is 13.6. The molecular weight excluding hydrogens is 267 g/mol. The lowest BCUT2D eigenvalue weighted by atomic mass is 9.90. The molecule has 112 valence electrons. The molecule has 0 aliphatic heterocycles. The van der Waals surface area contributed by atoms with Crippen molar-refractivity contribution >= 4 is 0 Å². The molecule has 1 unspecified atom stereocenters. The molecule has 0 amide bonds. The van der Waals surface area contributed by atoms with Crippen LogP contribution in [0.2, 0.25) is 0 Å².